The van der Waals surface area contributed by atoms with E-state index < -0.39 is 119 Å². The summed E-state index contributed by atoms with van der Waals surface area (Å²) in [6, 6.07) is 13.3. The van der Waals surface area contributed by atoms with E-state index in [4.69, 9.17) is 35.3 Å². The molecule has 3 aliphatic carbocycles. The van der Waals surface area contributed by atoms with Gasteiger partial charge in [0.15, 0.2) is 11.4 Å². The topological polar surface area (TPSA) is 221 Å². The minimum Gasteiger partial charge on any atom is -0.461 e. The third-order valence-electron chi connectivity index (χ3n) is 13.8. The standard InChI is InChI=1S/C47H56ClNO14/c1-9-24(3)42(56)49-37(27-15-12-11-13-16-27)30(51)20-35(53)60-31-22-47(58)41(62-43(57)28-17-14-18-29(48)19-28)39-45(8,40(55)38(54)36(25(31)4)44(47,6)7)32(61-34(52)10-2)21-33-46(39,23-59-33)63-26(5)50/h9,11-19,30-33,37-39,41,51,54,58H,10,20-23H2,1-8H3,(H,49,56)/b24-9+/t30-,31-,32-,33+,37-,38+,39?,41-,45+,46-,47+/m0/s1. The molecule has 4 aliphatic rings. The molecule has 1 saturated heterocycles. The lowest BCUT2D eigenvalue weighted by molar-refractivity contribution is -0.346. The average molecular weight is 894 g/mol. The Morgan fingerprint density at radius 1 is 1.00 bits per heavy atom. The number of aliphatic hydroxyl groups is 3. The Balaban J connectivity index is 1.50. The highest BCUT2D eigenvalue weighted by Gasteiger charge is 2.78. The van der Waals surface area contributed by atoms with Crippen LogP contribution in [0.3, 0.4) is 0 Å². The van der Waals surface area contributed by atoms with Crippen molar-refractivity contribution in [1.29, 1.82) is 0 Å². The number of nitrogens with one attached hydrogen (secondary N) is 1. The highest BCUT2D eigenvalue weighted by molar-refractivity contribution is 6.30. The van der Waals surface area contributed by atoms with E-state index in [1.54, 1.807) is 71.0 Å². The summed E-state index contributed by atoms with van der Waals surface area (Å²) in [4.78, 5) is 82.9. The molecule has 1 aliphatic heterocycles. The Morgan fingerprint density at radius 3 is 2.27 bits per heavy atom. The Morgan fingerprint density at radius 2 is 1.68 bits per heavy atom. The van der Waals surface area contributed by atoms with Crippen molar-refractivity contribution in [2.24, 2.45) is 16.7 Å². The zero-order valence-electron chi connectivity index (χ0n) is 36.6. The number of ketones is 1. The van der Waals surface area contributed by atoms with E-state index >= 15 is 4.79 Å². The highest BCUT2D eigenvalue weighted by Crippen LogP contribution is 2.64. The van der Waals surface area contributed by atoms with Crippen molar-refractivity contribution >= 4 is 47.2 Å². The molecule has 2 bridgehead atoms. The van der Waals surface area contributed by atoms with E-state index in [2.05, 4.69) is 5.32 Å². The number of rotatable bonds is 12. The smallest absolute Gasteiger partial charge is 0.338 e. The third kappa shape index (κ3) is 8.34. The summed E-state index contributed by atoms with van der Waals surface area (Å²) >= 11 is 6.29. The van der Waals surface area contributed by atoms with Crippen molar-refractivity contribution in [3.05, 3.63) is 93.5 Å². The van der Waals surface area contributed by atoms with E-state index in [0.717, 1.165) is 6.92 Å². The van der Waals surface area contributed by atoms with Gasteiger partial charge in [-0.1, -0.05) is 74.8 Å². The van der Waals surface area contributed by atoms with Crippen molar-refractivity contribution in [3.8, 4) is 0 Å². The SMILES string of the molecule is C/C=C(\C)C(=O)N[C@@H](c1ccccc1)[C@@H](O)CC(=O)O[C@H]1C[C@@]2(O)[C@@H](OC(=O)c3cccc(Cl)c3)C3[C@](C)(C(=O)[C@H](O)C(=C1C)C2(C)C)[C@@H](OC(=O)CC)C[C@H]1OC[C@@]31OC(C)=O. The normalized spacial score (nSPS) is 31.9. The highest BCUT2D eigenvalue weighted by atomic mass is 35.5. The Kier molecular flexibility index (Phi) is 13.5. The fourth-order valence-electron chi connectivity index (χ4n) is 10.2. The van der Waals surface area contributed by atoms with Gasteiger partial charge in [-0.25, -0.2) is 4.79 Å². The maximum absolute atomic E-state index is 15.4. The van der Waals surface area contributed by atoms with Gasteiger partial charge in [0, 0.05) is 42.2 Å². The van der Waals surface area contributed by atoms with Crippen LogP contribution in [-0.2, 0) is 47.7 Å². The van der Waals surface area contributed by atoms with Crippen LogP contribution in [0.15, 0.2) is 77.4 Å². The lowest BCUT2D eigenvalue weighted by Crippen LogP contribution is -2.82. The molecular formula is C47H56ClNO14. The summed E-state index contributed by atoms with van der Waals surface area (Å²) < 4.78 is 30.5. The van der Waals surface area contributed by atoms with Crippen LogP contribution in [0.5, 0.6) is 0 Å². The molecule has 340 valence electrons. The molecular weight excluding hydrogens is 838 g/mol. The molecule has 2 saturated carbocycles. The van der Waals surface area contributed by atoms with Crippen molar-refractivity contribution < 1.29 is 67.8 Å². The van der Waals surface area contributed by atoms with Gasteiger partial charge in [0.1, 0.15) is 36.1 Å². The second kappa shape index (κ2) is 17.9. The molecule has 0 spiro atoms. The van der Waals surface area contributed by atoms with Crippen molar-refractivity contribution in [1.82, 2.24) is 5.32 Å². The van der Waals surface area contributed by atoms with Crippen LogP contribution >= 0.6 is 11.6 Å². The number of benzene rings is 2. The number of ether oxygens (including phenoxy) is 5. The number of carbonyl (C=O) groups excluding carboxylic acids is 6. The molecule has 63 heavy (non-hydrogen) atoms. The van der Waals surface area contributed by atoms with Crippen LogP contribution in [0, 0.1) is 16.7 Å². The lowest BCUT2D eigenvalue weighted by atomic mass is 9.44. The number of carbonyl (C=O) groups is 6. The summed E-state index contributed by atoms with van der Waals surface area (Å²) in [5.74, 6) is -6.35. The Labute approximate surface area is 371 Å². The molecule has 1 heterocycles. The molecule has 1 unspecified atom stereocenters. The number of amides is 1. The zero-order valence-corrected chi connectivity index (χ0v) is 37.4. The predicted octanol–water partition coefficient (Wildman–Crippen LogP) is 4.82. The Bertz CT molecular complexity index is 2220. The monoisotopic (exact) mass is 893 g/mol. The van der Waals surface area contributed by atoms with E-state index in [1.165, 1.54) is 38.1 Å². The molecule has 4 N–H and O–H groups in total. The van der Waals surface area contributed by atoms with E-state index in [9.17, 15) is 39.3 Å². The van der Waals surface area contributed by atoms with Crippen molar-refractivity contribution in [2.45, 2.75) is 135 Å². The maximum atomic E-state index is 15.4. The minimum absolute atomic E-state index is 0.0313. The van der Waals surface area contributed by atoms with Gasteiger partial charge in [-0.3, -0.25) is 24.0 Å². The Hall–Kier alpha value is -4.93. The molecule has 3 fully saturated rings. The predicted molar refractivity (Wildman–Crippen MR) is 226 cm³/mol. The number of esters is 4. The molecule has 6 rings (SSSR count). The molecule has 1 amide bonds. The first-order valence-corrected chi connectivity index (χ1v) is 21.4. The van der Waals surface area contributed by atoms with Crippen molar-refractivity contribution in [3.63, 3.8) is 0 Å². The van der Waals surface area contributed by atoms with E-state index in [-0.39, 0.29) is 41.2 Å². The van der Waals surface area contributed by atoms with Crippen LogP contribution in [0.2, 0.25) is 5.02 Å². The van der Waals surface area contributed by atoms with Gasteiger partial charge in [-0.05, 0) is 62.6 Å². The second-order valence-corrected chi connectivity index (χ2v) is 18.1. The van der Waals surface area contributed by atoms with Crippen LogP contribution in [-0.4, -0.2) is 105 Å². The summed E-state index contributed by atoms with van der Waals surface area (Å²) in [5, 5.41) is 40.6. The summed E-state index contributed by atoms with van der Waals surface area (Å²) in [6.07, 6.45) is -8.93. The van der Waals surface area contributed by atoms with Gasteiger partial charge in [0.2, 0.25) is 5.91 Å². The number of aliphatic hydroxyl groups excluding tert-OH is 2. The number of hydrogen-bond donors (Lipinski definition) is 4. The number of hydrogen-bond acceptors (Lipinski definition) is 14. The van der Waals surface area contributed by atoms with Gasteiger partial charge >= 0.3 is 23.9 Å². The van der Waals surface area contributed by atoms with Gasteiger partial charge in [0.05, 0.1) is 42.1 Å². The largest absolute Gasteiger partial charge is 0.461 e. The molecule has 15 nitrogen and oxygen atoms in total. The second-order valence-electron chi connectivity index (χ2n) is 17.7. The molecule has 0 radical (unpaired) electrons. The molecule has 2 aromatic rings. The van der Waals surface area contributed by atoms with Gasteiger partial charge in [-0.15, -0.1) is 0 Å². The van der Waals surface area contributed by atoms with Crippen LogP contribution in [0.1, 0.15) is 103 Å². The summed E-state index contributed by atoms with van der Waals surface area (Å²) in [7, 11) is 0. The number of halogens is 1. The van der Waals surface area contributed by atoms with Gasteiger partial charge < -0.3 is 44.3 Å². The van der Waals surface area contributed by atoms with E-state index in [1.807, 2.05) is 0 Å². The first kappa shape index (κ1) is 47.5. The quantitative estimate of drug-likeness (QED) is 0.0972. The average Bonchev–Trinajstić information content (AvgIpc) is 3.23. The van der Waals surface area contributed by atoms with Crippen LogP contribution in [0.4, 0.5) is 0 Å². The first-order valence-electron chi connectivity index (χ1n) is 21.1. The third-order valence-corrected chi connectivity index (χ3v) is 14.0. The lowest BCUT2D eigenvalue weighted by Gasteiger charge is -2.67. The number of allylic oxidation sites excluding steroid dienone is 1. The van der Waals surface area contributed by atoms with Gasteiger partial charge in [-0.2, -0.15) is 0 Å². The van der Waals surface area contributed by atoms with Crippen LogP contribution < -0.4 is 5.32 Å². The maximum Gasteiger partial charge on any atom is 0.338 e. The fraction of sp³-hybridized carbons (Fsp3) is 0.532. The van der Waals surface area contributed by atoms with Crippen molar-refractivity contribution in [2.75, 3.05) is 6.61 Å². The molecule has 2 aromatic carbocycles. The summed E-state index contributed by atoms with van der Waals surface area (Å²) in [5.41, 5.74) is -6.83. The zero-order chi connectivity index (χ0) is 46.4. The molecule has 0 aromatic heterocycles. The molecule has 11 atom stereocenters. The van der Waals surface area contributed by atoms with Gasteiger partial charge in [0.25, 0.3) is 0 Å². The van der Waals surface area contributed by atoms with E-state index in [0.29, 0.717) is 11.1 Å². The fourth-order valence-corrected chi connectivity index (χ4v) is 10.3. The van der Waals surface area contributed by atoms with Crippen LogP contribution in [0.25, 0.3) is 0 Å². The molecule has 16 heteroatoms. The first-order chi connectivity index (χ1) is 29.6. The minimum atomic E-state index is -2.37. The number of Topliss-reactive ketones (excluding diaryl/α,β-unsaturated/α-hetero) is 1. The number of fused-ring (bicyclic) bond motifs is 5. The summed E-state index contributed by atoms with van der Waals surface area (Å²) in [6.45, 7) is 11.8.